The molecule has 0 saturated carbocycles. The van der Waals surface area contributed by atoms with Crippen molar-refractivity contribution in [2.24, 2.45) is 0 Å². The lowest BCUT2D eigenvalue weighted by molar-refractivity contribution is -0.114. The van der Waals surface area contributed by atoms with Crippen LogP contribution in [0.1, 0.15) is 29.9 Å². The Morgan fingerprint density at radius 1 is 1.24 bits per heavy atom. The smallest absolute Gasteiger partial charge is 0.345 e. The van der Waals surface area contributed by atoms with Gasteiger partial charge in [0.1, 0.15) is 5.56 Å². The Morgan fingerprint density at radius 3 is 2.44 bits per heavy atom. The van der Waals surface area contributed by atoms with Crippen LogP contribution in [0.4, 0.5) is 11.6 Å². The Balaban J connectivity index is 2.27. The highest BCUT2D eigenvalue weighted by molar-refractivity contribution is 7.92. The number of anilines is 2. The zero-order chi connectivity index (χ0) is 18.6. The van der Waals surface area contributed by atoms with Gasteiger partial charge in [-0.2, -0.15) is 0 Å². The normalized spacial score (nSPS) is 11.0. The molecule has 0 unspecified atom stereocenters. The minimum absolute atomic E-state index is 0.0783. The molecular formula is C15H17N3O6S. The van der Waals surface area contributed by atoms with Crippen molar-refractivity contribution in [2.45, 2.75) is 25.7 Å². The number of rotatable bonds is 6. The standard InChI is InChI=1S/C15H17N3O6S/c1-4-23-15(20)13-9(2)17-24-14(13)18-25(21,22)12-7-5-11(6-8-12)16-10(3)19/h5-8,18H,4H2,1-3H3,(H,16,19). The van der Waals surface area contributed by atoms with Gasteiger partial charge in [-0.15, -0.1) is 0 Å². The number of aromatic nitrogens is 1. The zero-order valence-corrected chi connectivity index (χ0v) is 14.6. The molecule has 0 aliphatic heterocycles. The molecule has 0 bridgehead atoms. The average molecular weight is 367 g/mol. The minimum Gasteiger partial charge on any atom is -0.462 e. The summed E-state index contributed by atoms with van der Waals surface area (Å²) in [5, 5.41) is 6.12. The summed E-state index contributed by atoms with van der Waals surface area (Å²) >= 11 is 0. The van der Waals surface area contributed by atoms with Crippen molar-refractivity contribution < 1.29 is 27.3 Å². The van der Waals surface area contributed by atoms with E-state index in [1.54, 1.807) is 6.92 Å². The quantitative estimate of drug-likeness (QED) is 0.747. The summed E-state index contributed by atoms with van der Waals surface area (Å²) in [4.78, 5) is 22.8. The molecule has 1 aromatic heterocycles. The molecule has 134 valence electrons. The van der Waals surface area contributed by atoms with Crippen molar-refractivity contribution in [1.82, 2.24) is 5.16 Å². The van der Waals surface area contributed by atoms with Gasteiger partial charge >= 0.3 is 5.97 Å². The summed E-state index contributed by atoms with van der Waals surface area (Å²) in [5.41, 5.74) is 0.576. The van der Waals surface area contributed by atoms with E-state index in [1.807, 2.05) is 0 Å². The Hall–Kier alpha value is -2.88. The van der Waals surface area contributed by atoms with Crippen molar-refractivity contribution >= 4 is 33.5 Å². The van der Waals surface area contributed by atoms with Crippen LogP contribution in [0.25, 0.3) is 0 Å². The van der Waals surface area contributed by atoms with Gasteiger partial charge in [-0.1, -0.05) is 5.16 Å². The third kappa shape index (κ3) is 4.35. The Bertz CT molecular complexity index is 886. The summed E-state index contributed by atoms with van der Waals surface area (Å²) < 4.78 is 36.8. The van der Waals surface area contributed by atoms with E-state index in [2.05, 4.69) is 15.2 Å². The molecule has 0 aliphatic rings. The molecule has 10 heteroatoms. The van der Waals surface area contributed by atoms with Crippen molar-refractivity contribution in [2.75, 3.05) is 16.6 Å². The second-order valence-electron chi connectivity index (χ2n) is 5.00. The number of ether oxygens (including phenoxy) is 1. The molecular weight excluding hydrogens is 350 g/mol. The molecule has 1 amide bonds. The fourth-order valence-corrected chi connectivity index (χ4v) is 2.98. The number of benzene rings is 1. The van der Waals surface area contributed by atoms with E-state index in [0.29, 0.717) is 5.69 Å². The second-order valence-corrected chi connectivity index (χ2v) is 6.69. The van der Waals surface area contributed by atoms with Crippen molar-refractivity contribution in [3.8, 4) is 0 Å². The van der Waals surface area contributed by atoms with Crippen LogP contribution in [0, 0.1) is 6.92 Å². The average Bonchev–Trinajstić information content (AvgIpc) is 2.87. The number of aryl methyl sites for hydroxylation is 1. The number of sulfonamides is 1. The van der Waals surface area contributed by atoms with Gasteiger partial charge in [-0.25, -0.2) is 17.9 Å². The number of hydrogen-bond donors (Lipinski definition) is 2. The minimum atomic E-state index is -4.02. The lowest BCUT2D eigenvalue weighted by Crippen LogP contribution is -2.16. The number of esters is 1. The molecule has 0 radical (unpaired) electrons. The molecule has 0 atom stereocenters. The second kappa shape index (κ2) is 7.34. The lowest BCUT2D eigenvalue weighted by Gasteiger charge is -2.08. The molecule has 0 spiro atoms. The Morgan fingerprint density at radius 2 is 1.88 bits per heavy atom. The Kier molecular flexibility index (Phi) is 5.42. The van der Waals surface area contributed by atoms with Gasteiger partial charge in [0.05, 0.1) is 17.2 Å². The largest absolute Gasteiger partial charge is 0.462 e. The number of carbonyl (C=O) groups excluding carboxylic acids is 2. The third-order valence-electron chi connectivity index (χ3n) is 3.05. The molecule has 0 fully saturated rings. The molecule has 9 nitrogen and oxygen atoms in total. The number of nitrogens with zero attached hydrogens (tertiary/aromatic N) is 1. The van der Waals surface area contributed by atoms with Crippen LogP contribution in [0.2, 0.25) is 0 Å². The number of amides is 1. The monoisotopic (exact) mass is 367 g/mol. The van der Waals surface area contributed by atoms with Crippen molar-refractivity contribution in [3.63, 3.8) is 0 Å². The Labute approximate surface area is 144 Å². The predicted molar refractivity (Wildman–Crippen MR) is 88.8 cm³/mol. The lowest BCUT2D eigenvalue weighted by atomic mass is 10.2. The third-order valence-corrected chi connectivity index (χ3v) is 4.40. The van der Waals surface area contributed by atoms with E-state index in [0.717, 1.165) is 0 Å². The van der Waals surface area contributed by atoms with Crippen LogP contribution >= 0.6 is 0 Å². The highest BCUT2D eigenvalue weighted by Crippen LogP contribution is 2.24. The van der Waals surface area contributed by atoms with Crippen molar-refractivity contribution in [1.29, 1.82) is 0 Å². The molecule has 25 heavy (non-hydrogen) atoms. The maximum absolute atomic E-state index is 12.4. The maximum atomic E-state index is 12.4. The van der Waals surface area contributed by atoms with Gasteiger partial charge in [0.2, 0.25) is 5.91 Å². The molecule has 2 aromatic rings. The summed E-state index contributed by atoms with van der Waals surface area (Å²) in [6.45, 7) is 4.59. The number of carbonyl (C=O) groups is 2. The highest BCUT2D eigenvalue weighted by Gasteiger charge is 2.26. The molecule has 1 aromatic carbocycles. The molecule has 1 heterocycles. The molecule has 2 N–H and O–H groups in total. The van der Waals surface area contributed by atoms with Gasteiger partial charge in [0, 0.05) is 12.6 Å². The van der Waals surface area contributed by atoms with E-state index < -0.39 is 16.0 Å². The fraction of sp³-hybridized carbons (Fsp3) is 0.267. The van der Waals surface area contributed by atoms with E-state index >= 15 is 0 Å². The van der Waals surface area contributed by atoms with E-state index in [4.69, 9.17) is 9.26 Å². The van der Waals surface area contributed by atoms with E-state index in [-0.39, 0.29) is 34.6 Å². The highest BCUT2D eigenvalue weighted by atomic mass is 32.2. The first kappa shape index (κ1) is 18.5. The zero-order valence-electron chi connectivity index (χ0n) is 13.8. The fourth-order valence-electron chi connectivity index (χ4n) is 1.98. The van der Waals surface area contributed by atoms with Crippen LogP contribution in [0.5, 0.6) is 0 Å². The molecule has 2 rings (SSSR count). The van der Waals surface area contributed by atoms with Crippen LogP contribution < -0.4 is 10.0 Å². The summed E-state index contributed by atoms with van der Waals surface area (Å²) in [6, 6.07) is 5.49. The molecule has 0 saturated heterocycles. The topological polar surface area (TPSA) is 128 Å². The summed E-state index contributed by atoms with van der Waals surface area (Å²) in [6.07, 6.45) is 0. The maximum Gasteiger partial charge on any atom is 0.345 e. The summed E-state index contributed by atoms with van der Waals surface area (Å²) in [7, 11) is -4.02. The first-order chi connectivity index (χ1) is 11.7. The first-order valence-electron chi connectivity index (χ1n) is 7.28. The van der Waals surface area contributed by atoms with Gasteiger partial charge < -0.3 is 14.6 Å². The first-order valence-corrected chi connectivity index (χ1v) is 8.76. The van der Waals surface area contributed by atoms with E-state index in [9.17, 15) is 18.0 Å². The van der Waals surface area contributed by atoms with Crippen LogP contribution in [-0.2, 0) is 19.6 Å². The van der Waals surface area contributed by atoms with E-state index in [1.165, 1.54) is 38.1 Å². The van der Waals surface area contributed by atoms with Gasteiger partial charge in [-0.3, -0.25) is 4.79 Å². The van der Waals surface area contributed by atoms with Gasteiger partial charge in [0.25, 0.3) is 15.9 Å². The summed E-state index contributed by atoms with van der Waals surface area (Å²) in [5.74, 6) is -1.33. The van der Waals surface area contributed by atoms with Crippen molar-refractivity contribution in [3.05, 3.63) is 35.5 Å². The van der Waals surface area contributed by atoms with Crippen LogP contribution in [0.15, 0.2) is 33.7 Å². The number of nitrogens with one attached hydrogen (secondary N) is 2. The van der Waals surface area contributed by atoms with Gasteiger partial charge in [0.15, 0.2) is 0 Å². The van der Waals surface area contributed by atoms with Gasteiger partial charge in [-0.05, 0) is 38.1 Å². The molecule has 0 aliphatic carbocycles. The van der Waals surface area contributed by atoms with Crippen LogP contribution in [0.3, 0.4) is 0 Å². The predicted octanol–water partition coefficient (Wildman–Crippen LogP) is 1.92. The van der Waals surface area contributed by atoms with Crippen LogP contribution in [-0.4, -0.2) is 32.1 Å². The number of hydrogen-bond acceptors (Lipinski definition) is 7. The SMILES string of the molecule is CCOC(=O)c1c(C)noc1NS(=O)(=O)c1ccc(NC(C)=O)cc1.